The van der Waals surface area contributed by atoms with Crippen molar-refractivity contribution >= 4 is 29.4 Å². The third-order valence-corrected chi connectivity index (χ3v) is 5.34. The number of carbonyl (C=O) groups is 4. The number of carbonyl (C=O) groups excluding carboxylic acids is 4. The molecule has 0 unspecified atom stereocenters. The summed E-state index contributed by atoms with van der Waals surface area (Å²) < 4.78 is 4.47. The first-order valence-electron chi connectivity index (χ1n) is 10.5. The lowest BCUT2D eigenvalue weighted by atomic mass is 10.1. The molecule has 0 aliphatic carbocycles. The molecule has 0 aromatic heterocycles. The second kappa shape index (κ2) is 11.1. The molecule has 1 fully saturated rings. The van der Waals surface area contributed by atoms with Gasteiger partial charge in [-0.05, 0) is 29.7 Å². The second-order valence-corrected chi connectivity index (χ2v) is 7.69. The molecule has 8 nitrogen and oxygen atoms in total. The summed E-state index contributed by atoms with van der Waals surface area (Å²) in [5.74, 6) is -1.40. The van der Waals surface area contributed by atoms with Gasteiger partial charge in [-0.25, -0.2) is 0 Å². The lowest BCUT2D eigenvalue weighted by Crippen LogP contribution is -2.31. The Morgan fingerprint density at radius 1 is 1.03 bits per heavy atom. The molecule has 2 aromatic carbocycles. The SMILES string of the molecule is COC(=O)CNC(=O)Cc1ccc(NC(=O)[C@@H]2CC(=O)N(CCc3ccccc3)C2)cc1. The molecule has 1 saturated heterocycles. The maximum absolute atomic E-state index is 12.6. The van der Waals surface area contributed by atoms with Crippen molar-refractivity contribution in [1.82, 2.24) is 10.2 Å². The summed E-state index contributed by atoms with van der Waals surface area (Å²) in [5, 5.41) is 5.32. The van der Waals surface area contributed by atoms with E-state index in [4.69, 9.17) is 0 Å². The number of esters is 1. The summed E-state index contributed by atoms with van der Waals surface area (Å²) >= 11 is 0. The van der Waals surface area contributed by atoms with Crippen molar-refractivity contribution in [3.05, 3.63) is 65.7 Å². The van der Waals surface area contributed by atoms with Crippen molar-refractivity contribution in [1.29, 1.82) is 0 Å². The van der Waals surface area contributed by atoms with Gasteiger partial charge >= 0.3 is 5.97 Å². The molecule has 1 aliphatic rings. The first kappa shape index (κ1) is 23.0. The van der Waals surface area contributed by atoms with E-state index in [2.05, 4.69) is 15.4 Å². The molecule has 3 amide bonds. The molecule has 2 aromatic rings. The molecule has 0 spiro atoms. The Morgan fingerprint density at radius 3 is 2.44 bits per heavy atom. The number of nitrogens with zero attached hydrogens (tertiary/aromatic N) is 1. The molecule has 1 aliphatic heterocycles. The van der Waals surface area contributed by atoms with E-state index in [1.807, 2.05) is 30.3 Å². The van der Waals surface area contributed by atoms with Crippen LogP contribution in [0.1, 0.15) is 17.5 Å². The molecular formula is C24H27N3O5. The summed E-state index contributed by atoms with van der Waals surface area (Å²) in [6.45, 7) is 0.835. The van der Waals surface area contributed by atoms with Crippen molar-refractivity contribution in [3.63, 3.8) is 0 Å². The first-order valence-corrected chi connectivity index (χ1v) is 10.5. The number of nitrogens with one attached hydrogen (secondary N) is 2. The number of methoxy groups -OCH3 is 1. The Hall–Kier alpha value is -3.68. The van der Waals surface area contributed by atoms with E-state index in [9.17, 15) is 19.2 Å². The van der Waals surface area contributed by atoms with Gasteiger partial charge in [-0.3, -0.25) is 19.2 Å². The molecule has 1 heterocycles. The van der Waals surface area contributed by atoms with Crippen molar-refractivity contribution in [3.8, 4) is 0 Å². The van der Waals surface area contributed by atoms with E-state index < -0.39 is 5.97 Å². The summed E-state index contributed by atoms with van der Waals surface area (Å²) in [5.41, 5.74) is 2.50. The zero-order valence-corrected chi connectivity index (χ0v) is 18.0. The molecule has 32 heavy (non-hydrogen) atoms. The highest BCUT2D eigenvalue weighted by molar-refractivity contribution is 5.97. The van der Waals surface area contributed by atoms with Crippen LogP contribution in [0.2, 0.25) is 0 Å². The van der Waals surface area contributed by atoms with Gasteiger partial charge in [0.15, 0.2) is 0 Å². The average Bonchev–Trinajstić information content (AvgIpc) is 3.18. The maximum atomic E-state index is 12.6. The van der Waals surface area contributed by atoms with Gasteiger partial charge in [0.2, 0.25) is 17.7 Å². The van der Waals surface area contributed by atoms with Crippen LogP contribution in [0.4, 0.5) is 5.69 Å². The topological polar surface area (TPSA) is 105 Å². The van der Waals surface area contributed by atoms with Crippen LogP contribution < -0.4 is 10.6 Å². The van der Waals surface area contributed by atoms with Crippen molar-refractivity contribution in [2.75, 3.05) is 32.1 Å². The summed E-state index contributed by atoms with van der Waals surface area (Å²) in [6, 6.07) is 16.8. The van der Waals surface area contributed by atoms with Gasteiger partial charge in [-0.1, -0.05) is 42.5 Å². The minimum atomic E-state index is -0.513. The quantitative estimate of drug-likeness (QED) is 0.579. The highest BCUT2D eigenvalue weighted by Gasteiger charge is 2.34. The van der Waals surface area contributed by atoms with E-state index in [0.29, 0.717) is 18.8 Å². The molecule has 2 N–H and O–H groups in total. The molecule has 168 valence electrons. The smallest absolute Gasteiger partial charge is 0.325 e. The molecule has 3 rings (SSSR count). The minimum Gasteiger partial charge on any atom is -0.468 e. The number of hydrogen-bond donors (Lipinski definition) is 2. The number of anilines is 1. The zero-order chi connectivity index (χ0) is 22.9. The van der Waals surface area contributed by atoms with E-state index >= 15 is 0 Å². The van der Waals surface area contributed by atoms with Gasteiger partial charge in [0.25, 0.3) is 0 Å². The van der Waals surface area contributed by atoms with Crippen LogP contribution in [0, 0.1) is 5.92 Å². The fraction of sp³-hybridized carbons (Fsp3) is 0.333. The Bertz CT molecular complexity index is 959. The van der Waals surface area contributed by atoms with Crippen LogP contribution in [0.3, 0.4) is 0 Å². The fourth-order valence-corrected chi connectivity index (χ4v) is 3.51. The van der Waals surface area contributed by atoms with Crippen LogP contribution in [-0.4, -0.2) is 55.3 Å². The highest BCUT2D eigenvalue weighted by Crippen LogP contribution is 2.21. The normalized spacial score (nSPS) is 15.3. The Balaban J connectivity index is 1.45. The van der Waals surface area contributed by atoms with E-state index in [1.54, 1.807) is 29.2 Å². The van der Waals surface area contributed by atoms with Gasteiger partial charge in [0, 0.05) is 25.2 Å². The minimum absolute atomic E-state index is 0.00519. The third-order valence-electron chi connectivity index (χ3n) is 5.34. The number of hydrogen-bond acceptors (Lipinski definition) is 5. The predicted molar refractivity (Wildman–Crippen MR) is 119 cm³/mol. The third kappa shape index (κ3) is 6.66. The zero-order valence-electron chi connectivity index (χ0n) is 18.0. The monoisotopic (exact) mass is 437 g/mol. The Morgan fingerprint density at radius 2 is 1.75 bits per heavy atom. The Kier molecular flexibility index (Phi) is 7.96. The fourth-order valence-electron chi connectivity index (χ4n) is 3.51. The number of amides is 3. The average molecular weight is 437 g/mol. The van der Waals surface area contributed by atoms with E-state index in [0.717, 1.165) is 17.5 Å². The van der Waals surface area contributed by atoms with Crippen molar-refractivity contribution in [2.45, 2.75) is 19.3 Å². The second-order valence-electron chi connectivity index (χ2n) is 7.69. The Labute approximate surface area is 186 Å². The van der Waals surface area contributed by atoms with Crippen LogP contribution in [0.25, 0.3) is 0 Å². The van der Waals surface area contributed by atoms with Gasteiger partial charge in [0.1, 0.15) is 6.54 Å². The van der Waals surface area contributed by atoms with Crippen molar-refractivity contribution in [2.24, 2.45) is 5.92 Å². The van der Waals surface area contributed by atoms with Gasteiger partial charge in [0.05, 0.1) is 19.4 Å². The maximum Gasteiger partial charge on any atom is 0.325 e. The molecule has 0 saturated carbocycles. The van der Waals surface area contributed by atoms with Gasteiger partial charge < -0.3 is 20.3 Å². The number of likely N-dealkylation sites (tertiary alicyclic amines) is 1. The van der Waals surface area contributed by atoms with Gasteiger partial charge in [-0.15, -0.1) is 0 Å². The van der Waals surface area contributed by atoms with Crippen LogP contribution >= 0.6 is 0 Å². The number of ether oxygens (including phenoxy) is 1. The van der Waals surface area contributed by atoms with Crippen LogP contribution in [-0.2, 0) is 36.8 Å². The standard InChI is InChI=1S/C24H27N3O5/c1-32-23(30)15-25-21(28)13-18-7-9-20(10-8-18)26-24(31)19-14-22(29)27(16-19)12-11-17-5-3-2-4-6-17/h2-10,19H,11-16H2,1H3,(H,25,28)(H,26,31)/t19-/m1/s1. The molecule has 0 radical (unpaired) electrons. The number of benzene rings is 2. The van der Waals surface area contributed by atoms with Gasteiger partial charge in [-0.2, -0.15) is 0 Å². The lowest BCUT2D eigenvalue weighted by Gasteiger charge is -2.16. The molecule has 1 atom stereocenters. The largest absolute Gasteiger partial charge is 0.468 e. The van der Waals surface area contributed by atoms with Crippen molar-refractivity contribution < 1.29 is 23.9 Å². The van der Waals surface area contributed by atoms with Crippen LogP contribution in [0.15, 0.2) is 54.6 Å². The molecular weight excluding hydrogens is 410 g/mol. The predicted octanol–water partition coefficient (Wildman–Crippen LogP) is 1.55. The molecule has 8 heteroatoms. The highest BCUT2D eigenvalue weighted by atomic mass is 16.5. The molecule has 0 bridgehead atoms. The lowest BCUT2D eigenvalue weighted by molar-refractivity contribution is -0.141. The van der Waals surface area contributed by atoms with E-state index in [-0.39, 0.29) is 43.0 Å². The summed E-state index contributed by atoms with van der Waals surface area (Å²) in [6.07, 6.45) is 1.08. The van der Waals surface area contributed by atoms with E-state index in [1.165, 1.54) is 7.11 Å². The summed E-state index contributed by atoms with van der Waals surface area (Å²) in [4.78, 5) is 49.6. The first-order chi connectivity index (χ1) is 15.4. The number of rotatable bonds is 9. The van der Waals surface area contributed by atoms with Crippen LogP contribution in [0.5, 0.6) is 0 Å². The summed E-state index contributed by atoms with van der Waals surface area (Å²) in [7, 11) is 1.26.